The van der Waals surface area contributed by atoms with Gasteiger partial charge in [-0.25, -0.2) is 22.0 Å². The van der Waals surface area contributed by atoms with E-state index in [9.17, 15) is 22.0 Å². The Morgan fingerprint density at radius 2 is 1.35 bits per heavy atom. The van der Waals surface area contributed by atoms with Crippen molar-refractivity contribution in [2.75, 3.05) is 0 Å². The van der Waals surface area contributed by atoms with Crippen LogP contribution in [0.5, 0.6) is 0 Å². The molecule has 0 aliphatic rings. The van der Waals surface area contributed by atoms with Gasteiger partial charge in [-0.3, -0.25) is 9.97 Å². The number of aromatic nitrogens is 4. The van der Waals surface area contributed by atoms with Crippen molar-refractivity contribution in [2.24, 2.45) is 0 Å². The van der Waals surface area contributed by atoms with E-state index in [4.69, 9.17) is 17.6 Å². The van der Waals surface area contributed by atoms with Gasteiger partial charge in [-0.1, -0.05) is 85.1 Å². The van der Waals surface area contributed by atoms with Gasteiger partial charge in [-0.2, -0.15) is 13.2 Å². The Bertz CT molecular complexity index is 3850. The van der Waals surface area contributed by atoms with Gasteiger partial charge >= 0.3 is 6.18 Å². The summed E-state index contributed by atoms with van der Waals surface area (Å²) in [6, 6.07) is 27.5. The van der Waals surface area contributed by atoms with E-state index < -0.39 is 71.1 Å². The number of alkyl halides is 3. The summed E-state index contributed by atoms with van der Waals surface area (Å²) in [4.78, 5) is 13.4. The van der Waals surface area contributed by atoms with Gasteiger partial charge in [0.05, 0.1) is 33.5 Å². The van der Waals surface area contributed by atoms with Gasteiger partial charge in [-0.15, -0.1) is 47.5 Å². The van der Waals surface area contributed by atoms with Crippen LogP contribution in [0.15, 0.2) is 120 Å². The molecule has 381 valence electrons. The van der Waals surface area contributed by atoms with Gasteiger partial charge in [0.15, 0.2) is 0 Å². The molecule has 10 rings (SSSR count). The fourth-order valence-electron chi connectivity index (χ4n) is 8.82. The molecule has 0 spiro atoms. The molecule has 0 unspecified atom stereocenters. The Morgan fingerprint density at radius 1 is 0.689 bits per heavy atom. The predicted molar refractivity (Wildman–Crippen MR) is 271 cm³/mol. The van der Waals surface area contributed by atoms with Crippen LogP contribution in [0.25, 0.3) is 83.7 Å². The topological polar surface area (TPSA) is 56.7 Å². The minimum Gasteiger partial charge on any atom is -0.499 e. The summed E-state index contributed by atoms with van der Waals surface area (Å²) < 4.78 is 174. The molecule has 6 aromatic carbocycles. The number of imidazole rings is 1. The van der Waals surface area contributed by atoms with Gasteiger partial charge in [0.2, 0.25) is 0 Å². The molecule has 0 atom stereocenters. The van der Waals surface area contributed by atoms with Crippen molar-refractivity contribution < 1.29 is 67.9 Å². The first-order chi connectivity index (χ1) is 36.9. The number of hydrogen-bond donors (Lipinski definition) is 0. The van der Waals surface area contributed by atoms with Gasteiger partial charge in [0, 0.05) is 58.0 Å². The summed E-state index contributed by atoms with van der Waals surface area (Å²) >= 11 is 0. The molecule has 10 aromatic rings. The summed E-state index contributed by atoms with van der Waals surface area (Å²) in [5, 5.41) is -0.529. The first-order valence-corrected chi connectivity index (χ1v) is 23.1. The largest absolute Gasteiger partial charge is 0.499 e. The normalized spacial score (nSPS) is 13.5. The second-order valence-corrected chi connectivity index (χ2v) is 19.3. The van der Waals surface area contributed by atoms with Crippen molar-refractivity contribution >= 4 is 33.1 Å². The van der Waals surface area contributed by atoms with Crippen LogP contribution in [0.3, 0.4) is 0 Å². The Balaban J connectivity index is 0.000000338. The number of fused-ring (bicyclic) bond motifs is 4. The smallest absolute Gasteiger partial charge is 0.382 e. The first-order valence-electron chi connectivity index (χ1n) is 26.1. The molecule has 0 saturated heterocycles. The van der Waals surface area contributed by atoms with Crippen molar-refractivity contribution in [3.05, 3.63) is 190 Å². The molecular formula is C60H48F8IrN4O-2. The van der Waals surface area contributed by atoms with Crippen molar-refractivity contribution in [3.8, 4) is 50.6 Å². The molecule has 0 fully saturated rings. The van der Waals surface area contributed by atoms with Crippen molar-refractivity contribution in [1.82, 2.24) is 19.5 Å². The number of furan rings is 1. The van der Waals surface area contributed by atoms with Crippen molar-refractivity contribution in [3.63, 3.8) is 0 Å². The molecule has 14 heteroatoms. The third-order valence-corrected chi connectivity index (χ3v) is 12.4. The molecule has 4 aromatic heterocycles. The summed E-state index contributed by atoms with van der Waals surface area (Å²) in [7, 11) is 0. The molecule has 0 N–H and O–H groups in total. The Kier molecular flexibility index (Phi) is 12.5. The van der Waals surface area contributed by atoms with E-state index in [0.717, 1.165) is 47.8 Å². The second kappa shape index (κ2) is 20.4. The number of pyridine rings is 2. The van der Waals surface area contributed by atoms with Crippen LogP contribution < -0.4 is 0 Å². The van der Waals surface area contributed by atoms with Gasteiger partial charge in [-0.05, 0) is 123 Å². The number of para-hydroxylation sites is 1. The molecule has 0 aliphatic heterocycles. The van der Waals surface area contributed by atoms with Crippen LogP contribution >= 0.6 is 0 Å². The van der Waals surface area contributed by atoms with Crippen molar-refractivity contribution in [2.45, 2.75) is 85.6 Å². The van der Waals surface area contributed by atoms with E-state index in [0.29, 0.717) is 34.5 Å². The van der Waals surface area contributed by atoms with E-state index >= 15 is 13.2 Å². The molecule has 74 heavy (non-hydrogen) atoms. The maximum Gasteiger partial charge on any atom is 0.382 e. The third-order valence-electron chi connectivity index (χ3n) is 12.4. The Morgan fingerprint density at radius 3 is 1.92 bits per heavy atom. The maximum atomic E-state index is 15.7. The quantitative estimate of drug-likeness (QED) is 0.118. The molecule has 0 saturated carbocycles. The predicted octanol–water partition coefficient (Wildman–Crippen LogP) is 17.5. The number of rotatable bonds is 7. The summed E-state index contributed by atoms with van der Waals surface area (Å²) in [5.74, 6) is -5.55. The fraction of sp³-hybridized carbons (Fsp3) is 0.217. The SMILES string of the molecule is [2H]C([2H])([2H])c1c[c-]c(-c2ccc(C(C)(C)C)cn2)cc1.[2H]C([2H])([2H])c1cccc2nc(-c3[c-]cc(C(F)(F)F)c4c3oc3cc(-c5c(F)cc(-c6cc(F)cc(F)c6)cc5F)cnc34)n(-c3c(C(C)C)cc(F)cc3C(C)C)c12.[Ir]. The molecule has 0 amide bonds. The van der Waals surface area contributed by atoms with E-state index in [1.165, 1.54) is 40.5 Å². The number of aryl methyl sites for hydroxylation is 2. The Labute approximate surface area is 445 Å². The van der Waals surface area contributed by atoms with E-state index in [1.54, 1.807) is 18.2 Å². The van der Waals surface area contributed by atoms with Crippen LogP contribution in [0.4, 0.5) is 35.1 Å². The van der Waals surface area contributed by atoms with E-state index in [-0.39, 0.29) is 93.1 Å². The average Bonchev–Trinajstić information content (AvgIpc) is 3.94. The maximum absolute atomic E-state index is 15.7. The molecule has 0 bridgehead atoms. The minimum atomic E-state index is -4.98. The van der Waals surface area contributed by atoms with Gasteiger partial charge < -0.3 is 14.0 Å². The molecule has 1 radical (unpaired) electrons. The number of benzene rings is 6. The minimum absolute atomic E-state index is 0. The zero-order valence-electron chi connectivity index (χ0n) is 46.7. The van der Waals surface area contributed by atoms with Crippen LogP contribution in [-0.2, 0) is 31.7 Å². The van der Waals surface area contributed by atoms with Crippen LogP contribution in [0.2, 0.25) is 0 Å². The molecule has 4 heterocycles. The van der Waals surface area contributed by atoms with Gasteiger partial charge in [0.1, 0.15) is 34.7 Å². The third kappa shape index (κ3) is 10.3. The Hall–Kier alpha value is -7.02. The van der Waals surface area contributed by atoms with Crippen LogP contribution in [0.1, 0.15) is 102 Å². The van der Waals surface area contributed by atoms with E-state index in [1.807, 2.05) is 46.0 Å². The zero-order chi connectivity index (χ0) is 57.4. The van der Waals surface area contributed by atoms with Crippen molar-refractivity contribution in [1.29, 1.82) is 0 Å². The fourth-order valence-corrected chi connectivity index (χ4v) is 8.82. The van der Waals surface area contributed by atoms with Gasteiger partial charge in [0.25, 0.3) is 0 Å². The number of hydrogen-bond acceptors (Lipinski definition) is 4. The molecule has 5 nitrogen and oxygen atoms in total. The molecular weight excluding hydrogens is 1140 g/mol. The van der Waals surface area contributed by atoms with Crippen LogP contribution in [-0.4, -0.2) is 19.5 Å². The summed E-state index contributed by atoms with van der Waals surface area (Å²) in [6.07, 6.45) is -2.14. The zero-order valence-corrected chi connectivity index (χ0v) is 43.1. The second-order valence-electron chi connectivity index (χ2n) is 19.3. The number of halogens is 8. The summed E-state index contributed by atoms with van der Waals surface area (Å²) in [5.41, 5.74) is 1.01. The number of nitrogens with zero attached hydrogens (tertiary/aromatic N) is 4. The first kappa shape index (κ1) is 45.6. The van der Waals surface area contributed by atoms with E-state index in [2.05, 4.69) is 42.9 Å². The standard InChI is InChI=1S/C44H30F8N3O.C16H18N.Ir/c1-20(2)30-17-28(47)18-31(21(3)4)41(30)55-40-22(5)7-6-8-35(40)54-43(55)29-9-10-32(44(50,51)52)38-39-36(56-42(29)38)15-25(19-53-39)37-33(48)13-24(14-34(37)49)23-11-26(45)16-27(46)12-23;1-12-5-7-13(8-6-12)15-10-9-14(11-17-15)16(2,3)4;/h6-8,10-21H,1-5H3;5-7,9-11H,1-4H3;/q2*-1;/i5D3;1D3;. The molecule has 0 aliphatic carbocycles. The summed E-state index contributed by atoms with van der Waals surface area (Å²) in [6.45, 7) is 8.91. The monoisotopic (exact) mass is 1190 g/mol. The van der Waals surface area contributed by atoms with Crippen LogP contribution in [0, 0.1) is 54.9 Å². The average molecular weight is 1190 g/mol.